The molecule has 1 aliphatic heterocycles. The maximum atomic E-state index is 12.1. The number of nitrogens with one attached hydrogen (secondary N) is 1. The second kappa shape index (κ2) is 6.75. The molecule has 0 atom stereocenters. The van der Waals surface area contributed by atoms with E-state index in [2.05, 4.69) is 34.5 Å². The first-order chi connectivity index (χ1) is 10.1. The van der Waals surface area contributed by atoms with Crippen LogP contribution in [-0.2, 0) is 4.79 Å². The first-order valence-electron chi connectivity index (χ1n) is 6.44. The molecule has 0 radical (unpaired) electrons. The number of benzene rings is 1. The fourth-order valence-corrected chi connectivity index (χ4v) is 2.61. The molecule has 0 spiro atoms. The molecule has 0 aliphatic carbocycles. The Kier molecular flexibility index (Phi) is 5.00. The van der Waals surface area contributed by atoms with Gasteiger partial charge in [-0.1, -0.05) is 12.1 Å². The minimum Gasteiger partial charge on any atom is -0.493 e. The molecule has 1 N–H and O–H groups in total. The average Bonchev–Trinajstić information content (AvgIpc) is 2.70. The summed E-state index contributed by atoms with van der Waals surface area (Å²) in [4.78, 5) is 24.8. The molecule has 0 unspecified atom stereocenters. The summed E-state index contributed by atoms with van der Waals surface area (Å²) in [5.74, 6) is 0.458. The smallest absolute Gasteiger partial charge is 0.329 e. The van der Waals surface area contributed by atoms with Gasteiger partial charge in [-0.3, -0.25) is 9.69 Å². The Bertz CT molecular complexity index is 625. The van der Waals surface area contributed by atoms with Crippen LogP contribution in [0.25, 0.3) is 6.08 Å². The molecule has 6 heteroatoms. The molecular formula is C15H15IN2O3. The molecule has 1 heterocycles. The second-order valence-corrected chi connectivity index (χ2v) is 5.48. The highest BCUT2D eigenvalue weighted by Crippen LogP contribution is 2.24. The second-order valence-electron chi connectivity index (χ2n) is 4.32. The Hall–Kier alpha value is -1.83. The Morgan fingerprint density at radius 3 is 2.81 bits per heavy atom. The van der Waals surface area contributed by atoms with Crippen LogP contribution < -0.4 is 10.1 Å². The van der Waals surface area contributed by atoms with Crippen LogP contribution in [-0.4, -0.2) is 30.0 Å². The predicted molar refractivity (Wildman–Crippen MR) is 88.7 cm³/mol. The maximum Gasteiger partial charge on any atom is 0.329 e. The number of halogens is 1. The molecule has 0 bridgehead atoms. The Morgan fingerprint density at radius 1 is 1.43 bits per heavy atom. The van der Waals surface area contributed by atoms with E-state index < -0.39 is 6.03 Å². The van der Waals surface area contributed by atoms with E-state index in [1.54, 1.807) is 6.08 Å². The minimum atomic E-state index is -0.424. The lowest BCUT2D eigenvalue weighted by molar-refractivity contribution is -0.122. The van der Waals surface area contributed by atoms with Crippen molar-refractivity contribution in [1.82, 2.24) is 10.2 Å². The quantitative estimate of drug-likeness (QED) is 0.359. The van der Waals surface area contributed by atoms with E-state index >= 15 is 0 Å². The van der Waals surface area contributed by atoms with Gasteiger partial charge in [-0.2, -0.15) is 0 Å². The van der Waals surface area contributed by atoms with Gasteiger partial charge in [0, 0.05) is 6.54 Å². The van der Waals surface area contributed by atoms with Gasteiger partial charge in [-0.15, -0.1) is 6.58 Å². The lowest BCUT2D eigenvalue weighted by Gasteiger charge is -2.07. The normalized spacial score (nSPS) is 16.3. The van der Waals surface area contributed by atoms with Crippen molar-refractivity contribution < 1.29 is 14.3 Å². The van der Waals surface area contributed by atoms with Crippen molar-refractivity contribution in [3.8, 4) is 5.75 Å². The van der Waals surface area contributed by atoms with Crippen molar-refractivity contribution in [2.24, 2.45) is 0 Å². The van der Waals surface area contributed by atoms with Crippen LogP contribution >= 0.6 is 22.6 Å². The van der Waals surface area contributed by atoms with Crippen molar-refractivity contribution in [3.63, 3.8) is 0 Å². The van der Waals surface area contributed by atoms with Crippen molar-refractivity contribution in [2.75, 3.05) is 13.2 Å². The van der Waals surface area contributed by atoms with Crippen molar-refractivity contribution in [3.05, 3.63) is 45.7 Å². The van der Waals surface area contributed by atoms with E-state index in [0.29, 0.717) is 6.61 Å². The summed E-state index contributed by atoms with van der Waals surface area (Å²) in [7, 11) is 0. The Morgan fingerprint density at radius 2 is 2.19 bits per heavy atom. The average molecular weight is 398 g/mol. The number of rotatable bonds is 5. The Labute approximate surface area is 136 Å². The Balaban J connectivity index is 2.24. The molecule has 5 nitrogen and oxygen atoms in total. The molecule has 1 fully saturated rings. The molecule has 1 aromatic carbocycles. The first kappa shape index (κ1) is 15.6. The highest BCUT2D eigenvalue weighted by molar-refractivity contribution is 14.1. The van der Waals surface area contributed by atoms with E-state index in [0.717, 1.165) is 19.8 Å². The van der Waals surface area contributed by atoms with Crippen molar-refractivity contribution in [2.45, 2.75) is 6.92 Å². The van der Waals surface area contributed by atoms with Gasteiger partial charge in [-0.25, -0.2) is 4.79 Å². The number of nitrogens with zero attached hydrogens (tertiary/aromatic N) is 1. The van der Waals surface area contributed by atoms with Gasteiger partial charge in [0.15, 0.2) is 0 Å². The number of imide groups is 1. The van der Waals surface area contributed by atoms with Crippen molar-refractivity contribution in [1.29, 1.82) is 0 Å². The summed E-state index contributed by atoms with van der Waals surface area (Å²) in [6.07, 6.45) is 3.17. The minimum absolute atomic E-state index is 0.197. The summed E-state index contributed by atoms with van der Waals surface area (Å²) >= 11 is 2.17. The fraction of sp³-hybridized carbons (Fsp3) is 0.200. The number of carbonyl (C=O) groups excluding carboxylic acids is 2. The molecular weight excluding hydrogens is 383 g/mol. The predicted octanol–water partition coefficient (Wildman–Crippen LogP) is 2.77. The van der Waals surface area contributed by atoms with E-state index in [9.17, 15) is 9.59 Å². The third-order valence-corrected chi connectivity index (χ3v) is 3.68. The van der Waals surface area contributed by atoms with E-state index in [1.807, 2.05) is 25.1 Å². The topological polar surface area (TPSA) is 58.6 Å². The van der Waals surface area contributed by atoms with Crippen LogP contribution in [0.4, 0.5) is 4.79 Å². The molecule has 1 aliphatic rings. The SMILES string of the molecule is C=CCN1C(=O)N/C(=C/c2ccc(OCC)c(I)c2)C1=O. The zero-order valence-corrected chi connectivity index (χ0v) is 13.7. The zero-order chi connectivity index (χ0) is 15.4. The van der Waals surface area contributed by atoms with Gasteiger partial charge in [0.25, 0.3) is 5.91 Å². The van der Waals surface area contributed by atoms with Crippen LogP contribution in [0.15, 0.2) is 36.6 Å². The first-order valence-corrected chi connectivity index (χ1v) is 7.52. The monoisotopic (exact) mass is 398 g/mol. The number of amides is 3. The third kappa shape index (κ3) is 3.44. The van der Waals surface area contributed by atoms with Gasteiger partial charge >= 0.3 is 6.03 Å². The molecule has 110 valence electrons. The van der Waals surface area contributed by atoms with Gasteiger partial charge in [0.1, 0.15) is 11.4 Å². The third-order valence-electron chi connectivity index (χ3n) is 2.84. The van der Waals surface area contributed by atoms with E-state index in [-0.39, 0.29) is 18.1 Å². The number of carbonyl (C=O) groups is 2. The standard InChI is InChI=1S/C15H15IN2O3/c1-3-7-18-14(19)12(17-15(18)20)9-10-5-6-13(21-4-2)11(16)8-10/h3,5-6,8-9H,1,4,7H2,2H3,(H,17,20)/b12-9+. The van der Waals surface area contributed by atoms with Crippen LogP contribution in [0.1, 0.15) is 12.5 Å². The van der Waals surface area contributed by atoms with E-state index in [1.165, 1.54) is 6.08 Å². The van der Waals surface area contributed by atoms with Gasteiger partial charge in [0.05, 0.1) is 10.2 Å². The van der Waals surface area contributed by atoms with Crippen LogP contribution in [0.3, 0.4) is 0 Å². The largest absolute Gasteiger partial charge is 0.493 e. The highest BCUT2D eigenvalue weighted by Gasteiger charge is 2.32. The summed E-state index contributed by atoms with van der Waals surface area (Å²) in [5, 5.41) is 2.56. The van der Waals surface area contributed by atoms with Crippen LogP contribution in [0.5, 0.6) is 5.75 Å². The fourth-order valence-electron chi connectivity index (χ4n) is 1.91. The number of hydrogen-bond donors (Lipinski definition) is 1. The zero-order valence-electron chi connectivity index (χ0n) is 11.6. The summed E-state index contributed by atoms with van der Waals surface area (Å²) in [5.41, 5.74) is 1.09. The molecule has 2 rings (SSSR count). The van der Waals surface area contributed by atoms with Crippen LogP contribution in [0, 0.1) is 3.57 Å². The highest BCUT2D eigenvalue weighted by atomic mass is 127. The van der Waals surface area contributed by atoms with Crippen molar-refractivity contribution >= 4 is 40.6 Å². The summed E-state index contributed by atoms with van der Waals surface area (Å²) < 4.78 is 6.41. The van der Waals surface area contributed by atoms with Crippen LogP contribution in [0.2, 0.25) is 0 Å². The lowest BCUT2D eigenvalue weighted by Crippen LogP contribution is -2.30. The summed E-state index contributed by atoms with van der Waals surface area (Å²) in [6, 6.07) is 5.16. The molecule has 0 aromatic heterocycles. The summed E-state index contributed by atoms with van der Waals surface area (Å²) in [6.45, 7) is 6.25. The molecule has 0 saturated carbocycles. The maximum absolute atomic E-state index is 12.1. The van der Waals surface area contributed by atoms with Gasteiger partial charge in [0.2, 0.25) is 0 Å². The van der Waals surface area contributed by atoms with Gasteiger partial charge in [-0.05, 0) is 53.3 Å². The molecule has 1 aromatic rings. The molecule has 1 saturated heterocycles. The van der Waals surface area contributed by atoms with E-state index in [4.69, 9.17) is 4.74 Å². The number of hydrogen-bond acceptors (Lipinski definition) is 3. The number of ether oxygens (including phenoxy) is 1. The lowest BCUT2D eigenvalue weighted by atomic mass is 10.2. The molecule has 21 heavy (non-hydrogen) atoms. The number of urea groups is 1. The molecule has 3 amide bonds. The van der Waals surface area contributed by atoms with Gasteiger partial charge < -0.3 is 10.1 Å².